The molecular weight excluding hydrogens is 306 g/mol. The van der Waals surface area contributed by atoms with Crippen LogP contribution in [0.25, 0.3) is 0 Å². The summed E-state index contributed by atoms with van der Waals surface area (Å²) >= 11 is 1.53. The van der Waals surface area contributed by atoms with E-state index in [9.17, 15) is 4.79 Å². The molecule has 0 aromatic heterocycles. The molecule has 1 atom stereocenters. The molecule has 0 saturated carbocycles. The SMILES string of the molecule is COc1ccc(S[C@@H](C)C(=O)Nc2ccc(C(C)C)cc2)cc1. The number of benzene rings is 2. The van der Waals surface area contributed by atoms with E-state index in [2.05, 4.69) is 31.3 Å². The Morgan fingerprint density at radius 1 is 1.00 bits per heavy atom. The average Bonchev–Trinajstić information content (AvgIpc) is 2.56. The van der Waals surface area contributed by atoms with Crippen molar-refractivity contribution < 1.29 is 9.53 Å². The van der Waals surface area contributed by atoms with Gasteiger partial charge >= 0.3 is 0 Å². The van der Waals surface area contributed by atoms with Crippen molar-refractivity contribution in [2.24, 2.45) is 0 Å². The first-order valence-electron chi connectivity index (χ1n) is 7.71. The van der Waals surface area contributed by atoms with Gasteiger partial charge in [-0.1, -0.05) is 26.0 Å². The van der Waals surface area contributed by atoms with Crippen LogP contribution in [-0.2, 0) is 4.79 Å². The van der Waals surface area contributed by atoms with E-state index >= 15 is 0 Å². The number of amides is 1. The van der Waals surface area contributed by atoms with Crippen LogP contribution in [0, 0.1) is 0 Å². The molecule has 0 aliphatic heterocycles. The zero-order valence-electron chi connectivity index (χ0n) is 14.0. The monoisotopic (exact) mass is 329 g/mol. The van der Waals surface area contributed by atoms with Crippen LogP contribution in [0.3, 0.4) is 0 Å². The molecule has 2 aromatic carbocycles. The van der Waals surface area contributed by atoms with Crippen LogP contribution in [-0.4, -0.2) is 18.3 Å². The summed E-state index contributed by atoms with van der Waals surface area (Å²) in [5.74, 6) is 1.31. The Morgan fingerprint density at radius 3 is 2.13 bits per heavy atom. The van der Waals surface area contributed by atoms with Gasteiger partial charge in [0.15, 0.2) is 0 Å². The van der Waals surface area contributed by atoms with E-state index < -0.39 is 0 Å². The van der Waals surface area contributed by atoms with E-state index in [1.807, 2.05) is 43.3 Å². The van der Waals surface area contributed by atoms with Crippen molar-refractivity contribution in [3.05, 3.63) is 54.1 Å². The Hall–Kier alpha value is -1.94. The largest absolute Gasteiger partial charge is 0.497 e. The second kappa shape index (κ2) is 8.06. The maximum absolute atomic E-state index is 12.3. The van der Waals surface area contributed by atoms with Gasteiger partial charge in [0.25, 0.3) is 0 Å². The quantitative estimate of drug-likeness (QED) is 0.763. The fourth-order valence-electron chi connectivity index (χ4n) is 2.11. The van der Waals surface area contributed by atoms with Crippen LogP contribution >= 0.6 is 11.8 Å². The normalized spacial score (nSPS) is 12.0. The molecule has 2 rings (SSSR count). The molecular formula is C19H23NO2S. The van der Waals surface area contributed by atoms with E-state index in [0.29, 0.717) is 5.92 Å². The number of thioether (sulfide) groups is 1. The van der Waals surface area contributed by atoms with Crippen molar-refractivity contribution in [2.75, 3.05) is 12.4 Å². The van der Waals surface area contributed by atoms with Crippen molar-refractivity contribution in [2.45, 2.75) is 36.8 Å². The number of hydrogen-bond acceptors (Lipinski definition) is 3. The van der Waals surface area contributed by atoms with Crippen molar-refractivity contribution >= 4 is 23.4 Å². The average molecular weight is 329 g/mol. The lowest BCUT2D eigenvalue weighted by molar-refractivity contribution is -0.115. The zero-order chi connectivity index (χ0) is 16.8. The van der Waals surface area contributed by atoms with Crippen LogP contribution < -0.4 is 10.1 Å². The van der Waals surface area contributed by atoms with Gasteiger partial charge in [-0.25, -0.2) is 0 Å². The lowest BCUT2D eigenvalue weighted by Crippen LogP contribution is -2.22. The minimum absolute atomic E-state index is 0.00288. The molecule has 1 amide bonds. The molecule has 0 bridgehead atoms. The number of methoxy groups -OCH3 is 1. The molecule has 0 spiro atoms. The number of carbonyl (C=O) groups is 1. The summed E-state index contributed by atoms with van der Waals surface area (Å²) in [6.07, 6.45) is 0. The van der Waals surface area contributed by atoms with E-state index in [1.54, 1.807) is 7.11 Å². The van der Waals surface area contributed by atoms with Crippen LogP contribution in [0.5, 0.6) is 5.75 Å². The Kier molecular flexibility index (Phi) is 6.11. The molecule has 0 radical (unpaired) electrons. The predicted octanol–water partition coefficient (Wildman–Crippen LogP) is 4.94. The third kappa shape index (κ3) is 5.03. The molecule has 0 unspecified atom stereocenters. The topological polar surface area (TPSA) is 38.3 Å². The van der Waals surface area contributed by atoms with E-state index in [0.717, 1.165) is 16.3 Å². The molecule has 0 heterocycles. The van der Waals surface area contributed by atoms with Gasteiger partial charge in [-0.3, -0.25) is 4.79 Å². The molecule has 1 N–H and O–H groups in total. The predicted molar refractivity (Wildman–Crippen MR) is 97.5 cm³/mol. The van der Waals surface area contributed by atoms with E-state index in [-0.39, 0.29) is 11.2 Å². The molecule has 4 heteroatoms. The van der Waals surface area contributed by atoms with Crippen LogP contribution in [0.15, 0.2) is 53.4 Å². The molecule has 0 aliphatic carbocycles. The lowest BCUT2D eigenvalue weighted by Gasteiger charge is -2.13. The van der Waals surface area contributed by atoms with Crippen molar-refractivity contribution in [1.29, 1.82) is 0 Å². The number of hydrogen-bond donors (Lipinski definition) is 1. The number of rotatable bonds is 6. The number of anilines is 1. The molecule has 3 nitrogen and oxygen atoms in total. The molecule has 2 aromatic rings. The van der Waals surface area contributed by atoms with Crippen LogP contribution in [0.2, 0.25) is 0 Å². The molecule has 0 aliphatic rings. The van der Waals surface area contributed by atoms with Gasteiger partial charge in [-0.05, 0) is 54.8 Å². The molecule has 0 fully saturated rings. The van der Waals surface area contributed by atoms with Gasteiger partial charge in [0, 0.05) is 10.6 Å². The van der Waals surface area contributed by atoms with Crippen LogP contribution in [0.4, 0.5) is 5.69 Å². The zero-order valence-corrected chi connectivity index (χ0v) is 14.8. The van der Waals surface area contributed by atoms with Gasteiger partial charge in [-0.15, -0.1) is 11.8 Å². The highest BCUT2D eigenvalue weighted by molar-refractivity contribution is 8.00. The fraction of sp³-hybridized carbons (Fsp3) is 0.316. The van der Waals surface area contributed by atoms with Gasteiger partial charge in [0.2, 0.25) is 5.91 Å². The summed E-state index contributed by atoms with van der Waals surface area (Å²) in [6, 6.07) is 15.8. The maximum Gasteiger partial charge on any atom is 0.237 e. The van der Waals surface area contributed by atoms with Crippen LogP contribution in [0.1, 0.15) is 32.3 Å². The van der Waals surface area contributed by atoms with Crippen molar-refractivity contribution in [3.63, 3.8) is 0 Å². The second-order valence-electron chi connectivity index (χ2n) is 5.70. The highest BCUT2D eigenvalue weighted by Gasteiger charge is 2.14. The number of nitrogens with one attached hydrogen (secondary N) is 1. The summed E-state index contributed by atoms with van der Waals surface area (Å²) in [7, 11) is 1.64. The van der Waals surface area contributed by atoms with Crippen molar-refractivity contribution in [1.82, 2.24) is 0 Å². The number of carbonyl (C=O) groups excluding carboxylic acids is 1. The lowest BCUT2D eigenvalue weighted by atomic mass is 10.0. The maximum atomic E-state index is 12.3. The van der Waals surface area contributed by atoms with E-state index in [1.165, 1.54) is 17.3 Å². The summed E-state index contributed by atoms with van der Waals surface area (Å²) in [5.41, 5.74) is 2.10. The summed E-state index contributed by atoms with van der Waals surface area (Å²) in [4.78, 5) is 13.3. The molecule has 122 valence electrons. The first-order valence-corrected chi connectivity index (χ1v) is 8.59. The summed E-state index contributed by atoms with van der Waals surface area (Å²) < 4.78 is 5.14. The van der Waals surface area contributed by atoms with Crippen molar-refractivity contribution in [3.8, 4) is 5.75 Å². The molecule has 23 heavy (non-hydrogen) atoms. The van der Waals surface area contributed by atoms with Gasteiger partial charge in [0.05, 0.1) is 12.4 Å². The van der Waals surface area contributed by atoms with Gasteiger partial charge in [-0.2, -0.15) is 0 Å². The standard InChI is InChI=1S/C19H23NO2S/c1-13(2)15-5-7-16(8-6-15)20-19(21)14(3)23-18-11-9-17(22-4)10-12-18/h5-14H,1-4H3,(H,20,21)/t14-/m0/s1. The Balaban J connectivity index is 1.93. The summed E-state index contributed by atoms with van der Waals surface area (Å²) in [5, 5.41) is 2.79. The highest BCUT2D eigenvalue weighted by Crippen LogP contribution is 2.26. The highest BCUT2D eigenvalue weighted by atomic mass is 32.2. The van der Waals surface area contributed by atoms with E-state index in [4.69, 9.17) is 4.74 Å². The smallest absolute Gasteiger partial charge is 0.237 e. The minimum Gasteiger partial charge on any atom is -0.497 e. The fourth-order valence-corrected chi connectivity index (χ4v) is 2.97. The summed E-state index contributed by atoms with van der Waals surface area (Å²) in [6.45, 7) is 6.22. The Bertz CT molecular complexity index is 635. The first-order chi connectivity index (χ1) is 11.0. The third-order valence-corrected chi connectivity index (χ3v) is 4.70. The Morgan fingerprint density at radius 2 is 1.61 bits per heavy atom. The second-order valence-corrected chi connectivity index (χ2v) is 7.12. The third-order valence-electron chi connectivity index (χ3n) is 3.59. The molecule has 0 saturated heterocycles. The number of ether oxygens (including phenoxy) is 1. The van der Waals surface area contributed by atoms with Gasteiger partial charge < -0.3 is 10.1 Å². The Labute approximate surface area is 142 Å². The van der Waals surface area contributed by atoms with Gasteiger partial charge in [0.1, 0.15) is 5.75 Å². The minimum atomic E-state index is -0.173. The first kappa shape index (κ1) is 17.4.